The van der Waals surface area contributed by atoms with Gasteiger partial charge in [-0.2, -0.15) is 5.10 Å². The van der Waals surface area contributed by atoms with Crippen LogP contribution < -0.4 is 10.6 Å². The van der Waals surface area contributed by atoms with E-state index in [1.807, 2.05) is 13.8 Å². The van der Waals surface area contributed by atoms with Gasteiger partial charge in [0.25, 0.3) is 5.91 Å². The smallest absolute Gasteiger partial charge is 0.255 e. The molecule has 2 aromatic rings. The van der Waals surface area contributed by atoms with Gasteiger partial charge in [0.2, 0.25) is 0 Å². The Bertz CT molecular complexity index is 708. The molecule has 0 spiro atoms. The van der Waals surface area contributed by atoms with Gasteiger partial charge in [-0.1, -0.05) is 13.8 Å². The lowest BCUT2D eigenvalue weighted by molar-refractivity contribution is 0.0929. The van der Waals surface area contributed by atoms with E-state index >= 15 is 0 Å². The highest BCUT2D eigenvalue weighted by Crippen LogP contribution is 2.23. The van der Waals surface area contributed by atoms with E-state index in [0.29, 0.717) is 5.56 Å². The van der Waals surface area contributed by atoms with Crippen LogP contribution in [0.1, 0.15) is 48.7 Å². The normalized spacial score (nSPS) is 17.2. The van der Waals surface area contributed by atoms with Gasteiger partial charge in [-0.05, 0) is 49.6 Å². The molecule has 0 saturated carbocycles. The number of carbonyl (C=O) groups excluding carboxylic acids is 1. The highest BCUT2D eigenvalue weighted by atomic mass is 35.5. The second-order valence-corrected chi connectivity index (χ2v) is 6.50. The summed E-state index contributed by atoms with van der Waals surface area (Å²) in [5, 5.41) is 10.8. The van der Waals surface area contributed by atoms with Gasteiger partial charge in [-0.3, -0.25) is 4.79 Å². The van der Waals surface area contributed by atoms with Crippen LogP contribution in [0.15, 0.2) is 30.5 Å². The molecule has 25 heavy (non-hydrogen) atoms. The standard InChI is InChI=1S/C18H23FN4O.ClH/c1-12(2)17-16(18(24)22-14-4-3-9-20-10-14)11-21-23(17)15-7-5-13(19)6-8-15;/h5-8,11-12,14,20H,3-4,9-10H2,1-2H3,(H,22,24);1H/t14-;/m0./s1. The third-order valence-electron chi connectivity index (χ3n) is 4.30. The summed E-state index contributed by atoms with van der Waals surface area (Å²) in [6, 6.07) is 6.28. The molecule has 1 aliphatic rings. The maximum absolute atomic E-state index is 13.2. The van der Waals surface area contributed by atoms with E-state index in [9.17, 15) is 9.18 Å². The average Bonchev–Trinajstić information content (AvgIpc) is 3.02. The van der Waals surface area contributed by atoms with Crippen molar-refractivity contribution >= 4 is 18.3 Å². The molecule has 0 unspecified atom stereocenters. The number of nitrogens with one attached hydrogen (secondary N) is 2. The van der Waals surface area contributed by atoms with E-state index in [1.54, 1.807) is 23.0 Å². The van der Waals surface area contributed by atoms with Gasteiger partial charge in [-0.25, -0.2) is 9.07 Å². The van der Waals surface area contributed by atoms with Crippen molar-refractivity contribution in [2.24, 2.45) is 0 Å². The fraction of sp³-hybridized carbons (Fsp3) is 0.444. The lowest BCUT2D eigenvalue weighted by atomic mass is 10.0. The zero-order valence-corrected chi connectivity index (χ0v) is 15.3. The van der Waals surface area contributed by atoms with Crippen molar-refractivity contribution in [1.29, 1.82) is 0 Å². The fourth-order valence-corrected chi connectivity index (χ4v) is 3.11. The van der Waals surface area contributed by atoms with E-state index in [1.165, 1.54) is 12.1 Å². The molecule has 2 N–H and O–H groups in total. The zero-order chi connectivity index (χ0) is 17.1. The van der Waals surface area contributed by atoms with Crippen molar-refractivity contribution in [3.8, 4) is 5.69 Å². The number of benzene rings is 1. The Balaban J connectivity index is 0.00000225. The Morgan fingerprint density at radius 3 is 2.68 bits per heavy atom. The molecular formula is C18H24ClFN4O. The molecule has 1 amide bonds. The maximum atomic E-state index is 13.2. The van der Waals surface area contributed by atoms with Crippen molar-refractivity contribution in [1.82, 2.24) is 20.4 Å². The molecule has 0 radical (unpaired) electrons. The van der Waals surface area contributed by atoms with Crippen LogP contribution >= 0.6 is 12.4 Å². The number of hydrogen-bond acceptors (Lipinski definition) is 3. The average molecular weight is 367 g/mol. The van der Waals surface area contributed by atoms with Gasteiger partial charge in [0.15, 0.2) is 0 Å². The Hall–Kier alpha value is -1.92. The first kappa shape index (κ1) is 19.4. The molecule has 1 aliphatic heterocycles. The largest absolute Gasteiger partial charge is 0.348 e. The molecule has 136 valence electrons. The minimum absolute atomic E-state index is 0. The summed E-state index contributed by atoms with van der Waals surface area (Å²) in [5.41, 5.74) is 2.17. The number of piperidine rings is 1. The first-order valence-electron chi connectivity index (χ1n) is 8.41. The third kappa shape index (κ3) is 4.38. The first-order valence-corrected chi connectivity index (χ1v) is 8.41. The maximum Gasteiger partial charge on any atom is 0.255 e. The molecule has 7 heteroatoms. The van der Waals surface area contributed by atoms with Crippen LogP contribution in [0.2, 0.25) is 0 Å². The van der Waals surface area contributed by atoms with Crippen LogP contribution in [0.4, 0.5) is 4.39 Å². The molecule has 0 bridgehead atoms. The van der Waals surface area contributed by atoms with E-state index in [0.717, 1.165) is 37.3 Å². The molecule has 1 saturated heterocycles. The summed E-state index contributed by atoms with van der Waals surface area (Å²) in [6.45, 7) is 5.85. The number of carbonyl (C=O) groups is 1. The second kappa shape index (κ2) is 8.45. The number of amides is 1. The van der Waals surface area contributed by atoms with Crippen LogP contribution in [0.5, 0.6) is 0 Å². The van der Waals surface area contributed by atoms with Crippen molar-refractivity contribution in [2.45, 2.75) is 38.6 Å². The second-order valence-electron chi connectivity index (χ2n) is 6.50. The molecular weight excluding hydrogens is 343 g/mol. The minimum Gasteiger partial charge on any atom is -0.348 e. The molecule has 1 atom stereocenters. The van der Waals surface area contributed by atoms with E-state index in [4.69, 9.17) is 0 Å². The Morgan fingerprint density at radius 1 is 1.36 bits per heavy atom. The summed E-state index contributed by atoms with van der Waals surface area (Å²) in [5.74, 6) is -0.275. The van der Waals surface area contributed by atoms with Crippen LogP contribution in [0.3, 0.4) is 0 Å². The number of rotatable bonds is 4. The van der Waals surface area contributed by atoms with Crippen LogP contribution in [0, 0.1) is 5.82 Å². The number of nitrogens with zero attached hydrogens (tertiary/aromatic N) is 2. The molecule has 3 rings (SSSR count). The lowest BCUT2D eigenvalue weighted by Gasteiger charge is -2.24. The van der Waals surface area contributed by atoms with Crippen LogP contribution in [0.25, 0.3) is 5.69 Å². The van der Waals surface area contributed by atoms with Gasteiger partial charge in [0, 0.05) is 12.6 Å². The predicted molar refractivity (Wildman–Crippen MR) is 98.2 cm³/mol. The van der Waals surface area contributed by atoms with E-state index in [2.05, 4.69) is 15.7 Å². The van der Waals surface area contributed by atoms with Crippen LogP contribution in [-0.2, 0) is 0 Å². The summed E-state index contributed by atoms with van der Waals surface area (Å²) in [4.78, 5) is 12.7. The summed E-state index contributed by atoms with van der Waals surface area (Å²) < 4.78 is 14.9. The third-order valence-corrected chi connectivity index (χ3v) is 4.30. The Morgan fingerprint density at radius 2 is 2.08 bits per heavy atom. The van der Waals surface area contributed by atoms with Crippen molar-refractivity contribution in [3.05, 3.63) is 47.5 Å². The number of aromatic nitrogens is 2. The summed E-state index contributed by atoms with van der Waals surface area (Å²) in [7, 11) is 0. The summed E-state index contributed by atoms with van der Waals surface area (Å²) in [6.07, 6.45) is 3.66. The quantitative estimate of drug-likeness (QED) is 0.874. The number of halogens is 2. The zero-order valence-electron chi connectivity index (χ0n) is 14.5. The minimum atomic E-state index is -0.292. The Labute approximate surface area is 153 Å². The molecule has 2 heterocycles. The Kier molecular flexibility index (Phi) is 6.56. The van der Waals surface area contributed by atoms with Gasteiger partial charge in [0.1, 0.15) is 5.82 Å². The van der Waals surface area contributed by atoms with Gasteiger partial charge in [0.05, 0.1) is 23.1 Å². The van der Waals surface area contributed by atoms with Crippen molar-refractivity contribution < 1.29 is 9.18 Å². The molecule has 1 aromatic carbocycles. The highest BCUT2D eigenvalue weighted by Gasteiger charge is 2.23. The van der Waals surface area contributed by atoms with Gasteiger partial charge < -0.3 is 10.6 Å². The molecule has 0 aliphatic carbocycles. The highest BCUT2D eigenvalue weighted by molar-refractivity contribution is 5.95. The van der Waals surface area contributed by atoms with Gasteiger partial charge in [-0.15, -0.1) is 12.4 Å². The van der Waals surface area contributed by atoms with Crippen LogP contribution in [-0.4, -0.2) is 34.8 Å². The molecule has 5 nitrogen and oxygen atoms in total. The van der Waals surface area contributed by atoms with Crippen molar-refractivity contribution in [2.75, 3.05) is 13.1 Å². The van der Waals surface area contributed by atoms with E-state index in [-0.39, 0.29) is 36.1 Å². The van der Waals surface area contributed by atoms with Gasteiger partial charge >= 0.3 is 0 Å². The van der Waals surface area contributed by atoms with Crippen molar-refractivity contribution in [3.63, 3.8) is 0 Å². The number of hydrogen-bond donors (Lipinski definition) is 2. The topological polar surface area (TPSA) is 59.0 Å². The first-order chi connectivity index (χ1) is 11.6. The summed E-state index contributed by atoms with van der Waals surface area (Å²) >= 11 is 0. The lowest BCUT2D eigenvalue weighted by Crippen LogP contribution is -2.45. The van der Waals surface area contributed by atoms with E-state index < -0.39 is 0 Å². The fourth-order valence-electron chi connectivity index (χ4n) is 3.11. The monoisotopic (exact) mass is 366 g/mol. The molecule has 1 fully saturated rings. The molecule has 1 aromatic heterocycles. The predicted octanol–water partition coefficient (Wildman–Crippen LogP) is 3.04. The SMILES string of the molecule is CC(C)c1c(C(=O)N[C@H]2CCCNC2)cnn1-c1ccc(F)cc1.Cl.